The van der Waals surface area contributed by atoms with Crippen LogP contribution in [-0.4, -0.2) is 11.9 Å². The SMILES string of the molecule is Cc1ccc(/C=C/C2=NC(=C\c3cccc(Cl)c3Cl)/C(=O)O2)cc1. The van der Waals surface area contributed by atoms with E-state index in [2.05, 4.69) is 4.99 Å². The Labute approximate surface area is 149 Å². The van der Waals surface area contributed by atoms with Crippen molar-refractivity contribution >= 4 is 47.2 Å². The van der Waals surface area contributed by atoms with Crippen LogP contribution in [0.15, 0.2) is 59.2 Å². The van der Waals surface area contributed by atoms with E-state index in [1.54, 1.807) is 30.4 Å². The molecule has 0 atom stereocenters. The normalized spacial score (nSPS) is 15.9. The third-order valence-corrected chi connectivity index (χ3v) is 4.24. The molecule has 0 fully saturated rings. The topological polar surface area (TPSA) is 38.7 Å². The molecule has 120 valence electrons. The van der Waals surface area contributed by atoms with E-state index >= 15 is 0 Å². The van der Waals surface area contributed by atoms with Crippen LogP contribution in [-0.2, 0) is 9.53 Å². The number of esters is 1. The third kappa shape index (κ3) is 3.75. The zero-order valence-electron chi connectivity index (χ0n) is 12.8. The number of aliphatic imine (C=N–C) groups is 1. The second-order valence-corrected chi connectivity index (χ2v) is 6.04. The zero-order chi connectivity index (χ0) is 17.1. The van der Waals surface area contributed by atoms with Crippen LogP contribution in [0.5, 0.6) is 0 Å². The first-order chi connectivity index (χ1) is 11.5. The van der Waals surface area contributed by atoms with Crippen molar-refractivity contribution in [3.63, 3.8) is 0 Å². The Kier molecular flexibility index (Phi) is 4.84. The summed E-state index contributed by atoms with van der Waals surface area (Å²) in [6, 6.07) is 13.2. The number of nitrogens with zero attached hydrogens (tertiary/aromatic N) is 1. The molecule has 0 bridgehead atoms. The molecule has 0 aromatic heterocycles. The molecule has 2 aromatic rings. The largest absolute Gasteiger partial charge is 0.403 e. The third-order valence-electron chi connectivity index (χ3n) is 3.41. The van der Waals surface area contributed by atoms with E-state index < -0.39 is 5.97 Å². The lowest BCUT2D eigenvalue weighted by Gasteiger charge is -1.99. The van der Waals surface area contributed by atoms with Gasteiger partial charge in [-0.15, -0.1) is 0 Å². The summed E-state index contributed by atoms with van der Waals surface area (Å²) in [5.41, 5.74) is 2.97. The lowest BCUT2D eigenvalue weighted by molar-refractivity contribution is -0.129. The van der Waals surface area contributed by atoms with Gasteiger partial charge in [0.25, 0.3) is 0 Å². The predicted octanol–water partition coefficient (Wildman–Crippen LogP) is 5.31. The van der Waals surface area contributed by atoms with Gasteiger partial charge in [-0.05, 0) is 36.3 Å². The standard InChI is InChI=1S/C19H13Cl2NO2/c1-12-5-7-13(8-6-12)9-10-17-22-16(19(23)24-17)11-14-3-2-4-15(20)18(14)21/h2-11H,1H3/b10-9+,16-11-. The molecule has 2 aromatic carbocycles. The number of carbonyl (C=O) groups is 1. The van der Waals surface area contributed by atoms with Gasteiger partial charge in [-0.2, -0.15) is 0 Å². The lowest BCUT2D eigenvalue weighted by Crippen LogP contribution is -2.01. The number of carbonyl (C=O) groups excluding carboxylic acids is 1. The van der Waals surface area contributed by atoms with E-state index in [4.69, 9.17) is 27.9 Å². The molecule has 1 aliphatic heterocycles. The van der Waals surface area contributed by atoms with Gasteiger partial charge in [0.1, 0.15) is 0 Å². The Balaban J connectivity index is 1.83. The first-order valence-corrected chi connectivity index (χ1v) is 8.00. The Morgan fingerprint density at radius 1 is 1.04 bits per heavy atom. The second-order valence-electron chi connectivity index (χ2n) is 5.26. The summed E-state index contributed by atoms with van der Waals surface area (Å²) in [4.78, 5) is 16.1. The maximum Gasteiger partial charge on any atom is 0.363 e. The minimum Gasteiger partial charge on any atom is -0.403 e. The fraction of sp³-hybridized carbons (Fsp3) is 0.0526. The van der Waals surface area contributed by atoms with Crippen molar-refractivity contribution in [2.45, 2.75) is 6.92 Å². The van der Waals surface area contributed by atoms with E-state index in [9.17, 15) is 4.79 Å². The van der Waals surface area contributed by atoms with E-state index in [0.29, 0.717) is 15.6 Å². The smallest absolute Gasteiger partial charge is 0.363 e. The summed E-state index contributed by atoms with van der Waals surface area (Å²) < 4.78 is 5.14. The van der Waals surface area contributed by atoms with Crippen LogP contribution in [0.2, 0.25) is 10.0 Å². The summed E-state index contributed by atoms with van der Waals surface area (Å²) in [7, 11) is 0. The maximum absolute atomic E-state index is 11.9. The minimum absolute atomic E-state index is 0.183. The number of halogens is 2. The van der Waals surface area contributed by atoms with Crippen molar-refractivity contribution < 1.29 is 9.53 Å². The lowest BCUT2D eigenvalue weighted by atomic mass is 10.1. The molecule has 1 heterocycles. The van der Waals surface area contributed by atoms with Crippen LogP contribution < -0.4 is 0 Å². The summed E-state index contributed by atoms with van der Waals surface area (Å²) >= 11 is 12.1. The monoisotopic (exact) mass is 357 g/mol. The first-order valence-electron chi connectivity index (χ1n) is 7.24. The highest BCUT2D eigenvalue weighted by Crippen LogP contribution is 2.28. The van der Waals surface area contributed by atoms with Crippen molar-refractivity contribution in [3.05, 3.63) is 81.0 Å². The molecule has 0 unspecified atom stereocenters. The molecule has 3 rings (SSSR count). The van der Waals surface area contributed by atoms with Gasteiger partial charge in [-0.3, -0.25) is 0 Å². The Morgan fingerprint density at radius 3 is 2.54 bits per heavy atom. The van der Waals surface area contributed by atoms with Gasteiger partial charge in [0.15, 0.2) is 5.70 Å². The predicted molar refractivity (Wildman–Crippen MR) is 98.2 cm³/mol. The molecular weight excluding hydrogens is 345 g/mol. The van der Waals surface area contributed by atoms with Gasteiger partial charge >= 0.3 is 5.97 Å². The fourth-order valence-corrected chi connectivity index (χ4v) is 2.48. The summed E-state index contributed by atoms with van der Waals surface area (Å²) in [5, 5.41) is 0.791. The van der Waals surface area contributed by atoms with Gasteiger partial charge in [-0.1, -0.05) is 65.2 Å². The van der Waals surface area contributed by atoms with Crippen molar-refractivity contribution in [1.82, 2.24) is 0 Å². The van der Waals surface area contributed by atoms with Crippen LogP contribution in [0.4, 0.5) is 0 Å². The highest BCUT2D eigenvalue weighted by atomic mass is 35.5. The number of hydrogen-bond donors (Lipinski definition) is 0. The molecule has 5 heteroatoms. The molecule has 0 N–H and O–H groups in total. The number of benzene rings is 2. The fourth-order valence-electron chi connectivity index (χ4n) is 2.12. The summed E-state index contributed by atoms with van der Waals surface area (Å²) in [5.74, 6) is -0.278. The summed E-state index contributed by atoms with van der Waals surface area (Å²) in [6.45, 7) is 2.02. The van der Waals surface area contributed by atoms with Crippen molar-refractivity contribution in [3.8, 4) is 0 Å². The number of aryl methyl sites for hydroxylation is 1. The average Bonchev–Trinajstić information content (AvgIpc) is 2.91. The quantitative estimate of drug-likeness (QED) is 0.551. The summed E-state index contributed by atoms with van der Waals surface area (Å²) in [6.07, 6.45) is 5.05. The molecule has 0 aliphatic carbocycles. The van der Waals surface area contributed by atoms with E-state index in [1.165, 1.54) is 5.56 Å². The average molecular weight is 358 g/mol. The molecule has 0 saturated heterocycles. The molecular formula is C19H13Cl2NO2. The van der Waals surface area contributed by atoms with Gasteiger partial charge in [0.05, 0.1) is 10.0 Å². The second kappa shape index (κ2) is 7.04. The van der Waals surface area contributed by atoms with Gasteiger partial charge in [-0.25, -0.2) is 9.79 Å². The highest BCUT2D eigenvalue weighted by Gasteiger charge is 2.21. The Bertz CT molecular complexity index is 881. The minimum atomic E-state index is -0.519. The van der Waals surface area contributed by atoms with E-state index in [-0.39, 0.29) is 11.6 Å². The molecule has 3 nitrogen and oxygen atoms in total. The van der Waals surface area contributed by atoms with E-state index in [1.807, 2.05) is 37.3 Å². The molecule has 0 amide bonds. The molecule has 0 radical (unpaired) electrons. The number of hydrogen-bond acceptors (Lipinski definition) is 3. The Hall–Kier alpha value is -2.36. The van der Waals surface area contributed by atoms with E-state index in [0.717, 1.165) is 5.56 Å². The molecule has 1 aliphatic rings. The van der Waals surface area contributed by atoms with Crippen molar-refractivity contribution in [2.75, 3.05) is 0 Å². The maximum atomic E-state index is 11.9. The van der Waals surface area contributed by atoms with Gasteiger partial charge in [0.2, 0.25) is 5.90 Å². The zero-order valence-corrected chi connectivity index (χ0v) is 14.3. The van der Waals surface area contributed by atoms with Crippen LogP contribution in [0, 0.1) is 6.92 Å². The molecule has 24 heavy (non-hydrogen) atoms. The van der Waals surface area contributed by atoms with Crippen LogP contribution >= 0.6 is 23.2 Å². The van der Waals surface area contributed by atoms with Crippen molar-refractivity contribution in [2.24, 2.45) is 4.99 Å². The molecule has 0 spiro atoms. The Morgan fingerprint density at radius 2 is 1.79 bits per heavy atom. The first kappa shape index (κ1) is 16.5. The number of rotatable bonds is 3. The number of cyclic esters (lactones) is 1. The van der Waals surface area contributed by atoms with Crippen LogP contribution in [0.3, 0.4) is 0 Å². The molecule has 0 saturated carbocycles. The van der Waals surface area contributed by atoms with Gasteiger partial charge in [0, 0.05) is 6.08 Å². The number of ether oxygens (including phenoxy) is 1. The van der Waals surface area contributed by atoms with Crippen LogP contribution in [0.1, 0.15) is 16.7 Å². The van der Waals surface area contributed by atoms with Crippen molar-refractivity contribution in [1.29, 1.82) is 0 Å². The van der Waals surface area contributed by atoms with Gasteiger partial charge < -0.3 is 4.74 Å². The van der Waals surface area contributed by atoms with Crippen LogP contribution in [0.25, 0.3) is 12.2 Å². The highest BCUT2D eigenvalue weighted by molar-refractivity contribution is 6.43.